The molecule has 174 valence electrons. The second-order valence-corrected chi connectivity index (χ2v) is 9.63. The van der Waals surface area contributed by atoms with Gasteiger partial charge in [-0.25, -0.2) is 0 Å². The lowest BCUT2D eigenvalue weighted by Gasteiger charge is -2.19. The van der Waals surface area contributed by atoms with E-state index >= 15 is 0 Å². The lowest BCUT2D eigenvalue weighted by Crippen LogP contribution is -2.07. The Morgan fingerprint density at radius 2 is 1.12 bits per heavy atom. The van der Waals surface area contributed by atoms with E-state index < -0.39 is 0 Å². The van der Waals surface area contributed by atoms with E-state index in [1.165, 1.54) is 117 Å². The molecule has 0 aliphatic heterocycles. The second-order valence-electron chi connectivity index (χ2n) is 9.63. The molecular weight excluding hydrogens is 386 g/mol. The first-order chi connectivity index (χ1) is 15.8. The van der Waals surface area contributed by atoms with Crippen molar-refractivity contribution in [3.05, 3.63) is 53.2 Å². The summed E-state index contributed by atoms with van der Waals surface area (Å²) in [6.45, 7) is 6.91. The molecule has 1 nitrogen and oxygen atoms in total. The highest BCUT2D eigenvalue weighted by Gasteiger charge is 2.16. The van der Waals surface area contributed by atoms with Crippen molar-refractivity contribution in [1.29, 1.82) is 0 Å². The van der Waals surface area contributed by atoms with E-state index in [4.69, 9.17) is 4.98 Å². The van der Waals surface area contributed by atoms with Gasteiger partial charge >= 0.3 is 0 Å². The van der Waals surface area contributed by atoms with Crippen molar-refractivity contribution in [1.82, 2.24) is 4.98 Å². The van der Waals surface area contributed by atoms with Crippen molar-refractivity contribution in [2.75, 3.05) is 0 Å². The quantitative estimate of drug-likeness (QED) is 0.172. The van der Waals surface area contributed by atoms with Crippen molar-refractivity contribution < 1.29 is 0 Å². The van der Waals surface area contributed by atoms with Gasteiger partial charge in [-0.15, -0.1) is 0 Å². The Morgan fingerprint density at radius 3 is 1.78 bits per heavy atom. The molecule has 0 amide bonds. The first-order valence-electron chi connectivity index (χ1n) is 13.6. The van der Waals surface area contributed by atoms with Crippen LogP contribution >= 0.6 is 0 Å². The molecule has 1 heterocycles. The molecule has 0 radical (unpaired) electrons. The molecule has 0 unspecified atom stereocenters. The average Bonchev–Trinajstić information content (AvgIpc) is 2.82. The van der Waals surface area contributed by atoms with E-state index in [0.717, 1.165) is 6.42 Å². The number of aryl methyl sites for hydroxylation is 2. The van der Waals surface area contributed by atoms with Crippen LogP contribution in [0.4, 0.5) is 0 Å². The molecule has 3 rings (SSSR count). The van der Waals surface area contributed by atoms with Crippen molar-refractivity contribution in [2.24, 2.45) is 0 Å². The monoisotopic (exact) mass is 431 g/mol. The van der Waals surface area contributed by atoms with Gasteiger partial charge in [-0.1, -0.05) is 115 Å². The van der Waals surface area contributed by atoms with Crippen LogP contribution in [0.15, 0.2) is 36.4 Å². The SMILES string of the molecule is CCCCCCc1nc2c(ccc3ccccc32)c(CCCCCC)c1CCCCCC. The fraction of sp³-hybridized carbons (Fsp3) is 0.581. The summed E-state index contributed by atoms with van der Waals surface area (Å²) in [5, 5.41) is 4.06. The molecular formula is C31H45N. The van der Waals surface area contributed by atoms with Crippen molar-refractivity contribution in [3.63, 3.8) is 0 Å². The van der Waals surface area contributed by atoms with Gasteiger partial charge in [0.1, 0.15) is 0 Å². The zero-order valence-electron chi connectivity index (χ0n) is 21.0. The van der Waals surface area contributed by atoms with Crippen LogP contribution in [0.1, 0.15) is 115 Å². The van der Waals surface area contributed by atoms with Gasteiger partial charge in [-0.3, -0.25) is 4.98 Å². The molecule has 0 atom stereocenters. The van der Waals surface area contributed by atoms with Crippen LogP contribution in [0.25, 0.3) is 21.7 Å². The Morgan fingerprint density at radius 1 is 0.531 bits per heavy atom. The predicted octanol–water partition coefficient (Wildman–Crippen LogP) is 9.76. The summed E-state index contributed by atoms with van der Waals surface area (Å²) < 4.78 is 0. The average molecular weight is 432 g/mol. The maximum absolute atomic E-state index is 5.40. The summed E-state index contributed by atoms with van der Waals surface area (Å²) in [4.78, 5) is 5.40. The lowest BCUT2D eigenvalue weighted by molar-refractivity contribution is 0.636. The predicted molar refractivity (Wildman–Crippen MR) is 143 cm³/mol. The number of nitrogens with zero attached hydrogens (tertiary/aromatic N) is 1. The molecule has 0 aliphatic carbocycles. The highest BCUT2D eigenvalue weighted by molar-refractivity contribution is 6.06. The Bertz CT molecular complexity index is 955. The zero-order chi connectivity index (χ0) is 22.6. The summed E-state index contributed by atoms with van der Waals surface area (Å²) in [5.41, 5.74) is 5.89. The second kappa shape index (κ2) is 13.6. The van der Waals surface area contributed by atoms with Gasteiger partial charge in [-0.05, 0) is 55.0 Å². The first-order valence-corrected chi connectivity index (χ1v) is 13.6. The highest BCUT2D eigenvalue weighted by atomic mass is 14.7. The third-order valence-corrected chi connectivity index (χ3v) is 7.01. The number of hydrogen-bond acceptors (Lipinski definition) is 1. The molecule has 0 saturated carbocycles. The maximum atomic E-state index is 5.40. The Labute approximate surface area is 197 Å². The van der Waals surface area contributed by atoms with E-state index in [2.05, 4.69) is 57.2 Å². The number of aromatic nitrogens is 1. The normalized spacial score (nSPS) is 11.6. The number of unbranched alkanes of at least 4 members (excludes halogenated alkanes) is 9. The van der Waals surface area contributed by atoms with Gasteiger partial charge in [0.05, 0.1) is 5.52 Å². The fourth-order valence-electron chi connectivity index (χ4n) is 5.12. The van der Waals surface area contributed by atoms with Gasteiger partial charge in [0.2, 0.25) is 0 Å². The van der Waals surface area contributed by atoms with Crippen molar-refractivity contribution >= 4 is 21.7 Å². The Hall–Kier alpha value is -1.89. The lowest BCUT2D eigenvalue weighted by atomic mass is 9.89. The molecule has 0 aliphatic rings. The number of benzene rings is 2. The smallest absolute Gasteiger partial charge is 0.0786 e. The van der Waals surface area contributed by atoms with Gasteiger partial charge in [0, 0.05) is 16.5 Å². The van der Waals surface area contributed by atoms with Crippen LogP contribution in [-0.2, 0) is 19.3 Å². The first kappa shape index (κ1) is 24.7. The number of rotatable bonds is 15. The van der Waals surface area contributed by atoms with E-state index in [1.54, 1.807) is 11.1 Å². The largest absolute Gasteiger partial charge is 0.252 e. The highest BCUT2D eigenvalue weighted by Crippen LogP contribution is 2.32. The van der Waals surface area contributed by atoms with Gasteiger partial charge in [0.25, 0.3) is 0 Å². The third kappa shape index (κ3) is 6.56. The molecule has 2 aromatic carbocycles. The minimum Gasteiger partial charge on any atom is -0.252 e. The Balaban J connectivity index is 2.05. The molecule has 0 bridgehead atoms. The zero-order valence-corrected chi connectivity index (χ0v) is 21.0. The molecule has 1 heteroatoms. The van der Waals surface area contributed by atoms with Crippen molar-refractivity contribution in [3.8, 4) is 0 Å². The van der Waals surface area contributed by atoms with E-state index in [9.17, 15) is 0 Å². The van der Waals surface area contributed by atoms with Crippen LogP contribution < -0.4 is 0 Å². The third-order valence-electron chi connectivity index (χ3n) is 7.01. The van der Waals surface area contributed by atoms with Crippen LogP contribution in [0.3, 0.4) is 0 Å². The molecule has 0 fully saturated rings. The minimum absolute atomic E-state index is 1.14. The fourth-order valence-corrected chi connectivity index (χ4v) is 5.12. The van der Waals surface area contributed by atoms with Gasteiger partial charge < -0.3 is 0 Å². The Kier molecular flexibility index (Phi) is 10.5. The van der Waals surface area contributed by atoms with E-state index in [-0.39, 0.29) is 0 Å². The van der Waals surface area contributed by atoms with Gasteiger partial charge in [-0.2, -0.15) is 0 Å². The minimum atomic E-state index is 1.14. The topological polar surface area (TPSA) is 12.9 Å². The van der Waals surface area contributed by atoms with Gasteiger partial charge in [0.15, 0.2) is 0 Å². The van der Waals surface area contributed by atoms with Crippen LogP contribution in [-0.4, -0.2) is 4.98 Å². The molecule has 0 spiro atoms. The molecule has 0 N–H and O–H groups in total. The summed E-state index contributed by atoms with van der Waals surface area (Å²) >= 11 is 0. The maximum Gasteiger partial charge on any atom is 0.0786 e. The summed E-state index contributed by atoms with van der Waals surface area (Å²) in [6.07, 6.45) is 19.4. The number of fused-ring (bicyclic) bond motifs is 3. The number of hydrogen-bond donors (Lipinski definition) is 0. The van der Waals surface area contributed by atoms with Crippen molar-refractivity contribution in [2.45, 2.75) is 117 Å². The summed E-state index contributed by atoms with van der Waals surface area (Å²) in [7, 11) is 0. The van der Waals surface area contributed by atoms with E-state index in [0.29, 0.717) is 0 Å². The molecule has 3 aromatic rings. The molecule has 1 aromatic heterocycles. The standard InChI is InChI=1S/C31H45N/c1-4-7-10-13-20-27-28(21-14-11-8-5-2)30(22-15-12-9-6-3)32-31-26-19-17-16-18-25(26)23-24-29(27)31/h16-19,23-24H,4-15,20-22H2,1-3H3. The summed E-state index contributed by atoms with van der Waals surface area (Å²) in [5.74, 6) is 0. The van der Waals surface area contributed by atoms with E-state index in [1.807, 2.05) is 0 Å². The van der Waals surface area contributed by atoms with Crippen LogP contribution in [0.5, 0.6) is 0 Å². The van der Waals surface area contributed by atoms with Crippen LogP contribution in [0.2, 0.25) is 0 Å². The number of pyridine rings is 1. The van der Waals surface area contributed by atoms with Crippen LogP contribution in [0, 0.1) is 0 Å². The summed E-state index contributed by atoms with van der Waals surface area (Å²) in [6, 6.07) is 13.5. The molecule has 0 saturated heterocycles. The molecule has 32 heavy (non-hydrogen) atoms.